The van der Waals surface area contributed by atoms with Gasteiger partial charge in [0, 0.05) is 32.8 Å². The highest BCUT2D eigenvalue weighted by molar-refractivity contribution is 6.35. The van der Waals surface area contributed by atoms with Gasteiger partial charge < -0.3 is 0 Å². The van der Waals surface area contributed by atoms with Crippen molar-refractivity contribution in [3.63, 3.8) is 0 Å². The standard InChI is InChI=1S/C16H9Cl2NO2/c17-12-5-10(6-13(18)7-12)16(21)19-8-11(9-20)14-3-1-2-4-15(14)19/h1-9H. The molecule has 3 nitrogen and oxygen atoms in total. The van der Waals surface area contributed by atoms with Crippen LogP contribution in [0, 0.1) is 0 Å². The fourth-order valence-electron chi connectivity index (χ4n) is 2.28. The number of benzene rings is 2. The Morgan fingerprint density at radius 2 is 1.71 bits per heavy atom. The Morgan fingerprint density at radius 3 is 2.38 bits per heavy atom. The first-order chi connectivity index (χ1) is 10.1. The summed E-state index contributed by atoms with van der Waals surface area (Å²) < 4.78 is 1.43. The monoisotopic (exact) mass is 317 g/mol. The maximum absolute atomic E-state index is 12.6. The molecule has 0 aliphatic carbocycles. The predicted octanol–water partition coefficient (Wildman–Crippen LogP) is 4.45. The Balaban J connectivity index is 2.20. The van der Waals surface area contributed by atoms with E-state index in [-0.39, 0.29) is 5.91 Å². The van der Waals surface area contributed by atoms with Crippen molar-refractivity contribution in [3.05, 3.63) is 69.8 Å². The number of carbonyl (C=O) groups is 2. The van der Waals surface area contributed by atoms with Crippen molar-refractivity contribution >= 4 is 46.3 Å². The summed E-state index contributed by atoms with van der Waals surface area (Å²) >= 11 is 11.9. The van der Waals surface area contributed by atoms with Gasteiger partial charge in [0.25, 0.3) is 5.91 Å². The van der Waals surface area contributed by atoms with Gasteiger partial charge in [-0.15, -0.1) is 0 Å². The molecule has 0 saturated carbocycles. The topological polar surface area (TPSA) is 39.1 Å². The molecule has 104 valence electrons. The molecule has 0 radical (unpaired) electrons. The van der Waals surface area contributed by atoms with E-state index >= 15 is 0 Å². The van der Waals surface area contributed by atoms with Crippen LogP contribution in [0.25, 0.3) is 10.9 Å². The zero-order valence-electron chi connectivity index (χ0n) is 10.7. The summed E-state index contributed by atoms with van der Waals surface area (Å²) in [6, 6.07) is 11.9. The molecule has 21 heavy (non-hydrogen) atoms. The SMILES string of the molecule is O=Cc1cn(C(=O)c2cc(Cl)cc(Cl)c2)c2ccccc12. The Labute approximate surface area is 130 Å². The van der Waals surface area contributed by atoms with Gasteiger partial charge in [0.1, 0.15) is 0 Å². The van der Waals surface area contributed by atoms with Crippen molar-refractivity contribution in [2.24, 2.45) is 0 Å². The van der Waals surface area contributed by atoms with Crippen LogP contribution in [-0.2, 0) is 0 Å². The minimum Gasteiger partial charge on any atom is -0.298 e. The van der Waals surface area contributed by atoms with Gasteiger partial charge in [-0.2, -0.15) is 0 Å². The van der Waals surface area contributed by atoms with Gasteiger partial charge in [-0.3, -0.25) is 14.2 Å². The van der Waals surface area contributed by atoms with E-state index in [0.29, 0.717) is 26.7 Å². The Hall–Kier alpha value is -2.10. The third-order valence-corrected chi connectivity index (χ3v) is 3.63. The number of carbonyl (C=O) groups excluding carboxylic acids is 2. The highest BCUT2D eigenvalue weighted by Crippen LogP contribution is 2.24. The normalized spacial score (nSPS) is 10.8. The van der Waals surface area contributed by atoms with Crippen LogP contribution in [-0.4, -0.2) is 16.8 Å². The van der Waals surface area contributed by atoms with Crippen LogP contribution in [0.1, 0.15) is 20.7 Å². The maximum atomic E-state index is 12.6. The summed E-state index contributed by atoms with van der Waals surface area (Å²) in [6.07, 6.45) is 2.26. The van der Waals surface area contributed by atoms with Gasteiger partial charge in [0.15, 0.2) is 6.29 Å². The zero-order chi connectivity index (χ0) is 15.0. The lowest BCUT2D eigenvalue weighted by atomic mass is 10.2. The summed E-state index contributed by atoms with van der Waals surface area (Å²) in [6.45, 7) is 0. The smallest absolute Gasteiger partial charge is 0.262 e. The first-order valence-electron chi connectivity index (χ1n) is 6.16. The van der Waals surface area contributed by atoms with Crippen LogP contribution in [0.4, 0.5) is 0 Å². The van der Waals surface area contributed by atoms with E-state index in [1.807, 2.05) is 12.1 Å². The maximum Gasteiger partial charge on any atom is 0.262 e. The number of para-hydroxylation sites is 1. The molecule has 1 aromatic heterocycles. The van der Waals surface area contributed by atoms with Gasteiger partial charge >= 0.3 is 0 Å². The van der Waals surface area contributed by atoms with Crippen LogP contribution in [0.2, 0.25) is 10.0 Å². The van der Waals surface area contributed by atoms with Crippen LogP contribution in [0.15, 0.2) is 48.7 Å². The molecule has 0 bridgehead atoms. The van der Waals surface area contributed by atoms with Crippen LogP contribution < -0.4 is 0 Å². The van der Waals surface area contributed by atoms with E-state index in [1.54, 1.807) is 30.3 Å². The average molecular weight is 318 g/mol. The predicted molar refractivity (Wildman–Crippen MR) is 83.5 cm³/mol. The quantitative estimate of drug-likeness (QED) is 0.655. The summed E-state index contributed by atoms with van der Waals surface area (Å²) in [5, 5.41) is 1.50. The van der Waals surface area contributed by atoms with Crippen LogP contribution >= 0.6 is 23.2 Å². The van der Waals surface area contributed by atoms with E-state index < -0.39 is 0 Å². The molecule has 0 aliphatic rings. The zero-order valence-corrected chi connectivity index (χ0v) is 12.2. The van der Waals surface area contributed by atoms with Gasteiger partial charge in [0.2, 0.25) is 0 Å². The van der Waals surface area contributed by atoms with E-state index in [4.69, 9.17) is 23.2 Å². The minimum atomic E-state index is -0.288. The number of rotatable bonds is 2. The Bertz CT molecular complexity index is 848. The molecule has 0 atom stereocenters. The highest BCUT2D eigenvalue weighted by Gasteiger charge is 2.15. The van der Waals surface area contributed by atoms with Crippen LogP contribution in [0.3, 0.4) is 0 Å². The number of hydrogen-bond acceptors (Lipinski definition) is 2. The molecule has 0 amide bonds. The molecule has 0 unspecified atom stereocenters. The molecule has 3 rings (SSSR count). The van der Waals surface area contributed by atoms with E-state index in [1.165, 1.54) is 10.8 Å². The van der Waals surface area contributed by atoms with Crippen molar-refractivity contribution in [1.82, 2.24) is 4.57 Å². The summed E-state index contributed by atoms with van der Waals surface area (Å²) in [7, 11) is 0. The van der Waals surface area contributed by atoms with Gasteiger partial charge in [-0.05, 0) is 24.3 Å². The first-order valence-corrected chi connectivity index (χ1v) is 6.92. The minimum absolute atomic E-state index is 0.288. The second-order valence-corrected chi connectivity index (χ2v) is 5.43. The third kappa shape index (κ3) is 2.46. The summed E-state index contributed by atoms with van der Waals surface area (Å²) in [5.41, 5.74) is 1.50. The lowest BCUT2D eigenvalue weighted by Gasteiger charge is -2.05. The Morgan fingerprint density at radius 1 is 1.05 bits per heavy atom. The van der Waals surface area contributed by atoms with Crippen molar-refractivity contribution in [3.8, 4) is 0 Å². The average Bonchev–Trinajstić information content (AvgIpc) is 2.84. The first kappa shape index (κ1) is 13.9. The summed E-state index contributed by atoms with van der Waals surface area (Å²) in [5.74, 6) is -0.288. The molecular weight excluding hydrogens is 309 g/mol. The number of fused-ring (bicyclic) bond motifs is 1. The summed E-state index contributed by atoms with van der Waals surface area (Å²) in [4.78, 5) is 23.8. The number of hydrogen-bond donors (Lipinski definition) is 0. The van der Waals surface area contributed by atoms with Gasteiger partial charge in [-0.1, -0.05) is 41.4 Å². The molecule has 0 fully saturated rings. The molecule has 0 spiro atoms. The van der Waals surface area contributed by atoms with Crippen molar-refractivity contribution < 1.29 is 9.59 Å². The third-order valence-electron chi connectivity index (χ3n) is 3.20. The van der Waals surface area contributed by atoms with Crippen molar-refractivity contribution in [1.29, 1.82) is 0 Å². The van der Waals surface area contributed by atoms with Crippen molar-refractivity contribution in [2.75, 3.05) is 0 Å². The lowest BCUT2D eigenvalue weighted by molar-refractivity contribution is 0.0965. The van der Waals surface area contributed by atoms with E-state index in [2.05, 4.69) is 0 Å². The number of aromatic nitrogens is 1. The van der Waals surface area contributed by atoms with E-state index in [9.17, 15) is 9.59 Å². The molecule has 0 saturated heterocycles. The van der Waals surface area contributed by atoms with Gasteiger partial charge in [0.05, 0.1) is 5.52 Å². The molecule has 3 aromatic rings. The van der Waals surface area contributed by atoms with Crippen molar-refractivity contribution in [2.45, 2.75) is 0 Å². The fraction of sp³-hybridized carbons (Fsp3) is 0. The highest BCUT2D eigenvalue weighted by atomic mass is 35.5. The van der Waals surface area contributed by atoms with E-state index in [0.717, 1.165) is 11.7 Å². The molecular formula is C16H9Cl2NO2. The number of aldehydes is 1. The molecule has 5 heteroatoms. The second-order valence-electron chi connectivity index (χ2n) is 4.55. The lowest BCUT2D eigenvalue weighted by Crippen LogP contribution is -2.10. The van der Waals surface area contributed by atoms with Gasteiger partial charge in [-0.25, -0.2) is 0 Å². The number of nitrogens with zero attached hydrogens (tertiary/aromatic N) is 1. The second kappa shape index (κ2) is 5.35. The molecule has 1 heterocycles. The molecule has 0 N–H and O–H groups in total. The van der Waals surface area contributed by atoms with Crippen LogP contribution in [0.5, 0.6) is 0 Å². The molecule has 2 aromatic carbocycles. The number of halogens is 2. The Kier molecular flexibility index (Phi) is 3.53. The fourth-order valence-corrected chi connectivity index (χ4v) is 2.81. The molecule has 0 aliphatic heterocycles. The largest absolute Gasteiger partial charge is 0.298 e.